The highest BCUT2D eigenvalue weighted by Crippen LogP contribution is 2.29. The highest BCUT2D eigenvalue weighted by Gasteiger charge is 2.21. The van der Waals surface area contributed by atoms with Crippen molar-refractivity contribution < 1.29 is 22.9 Å². The molecule has 0 radical (unpaired) electrons. The number of hydrogen-bond acceptors (Lipinski definition) is 7. The maximum Gasteiger partial charge on any atom is 0.307 e. The van der Waals surface area contributed by atoms with E-state index in [4.69, 9.17) is 5.14 Å². The first-order valence-electron chi connectivity index (χ1n) is 5.76. The summed E-state index contributed by atoms with van der Waals surface area (Å²) in [5, 5.41) is 16.0. The van der Waals surface area contributed by atoms with Crippen LogP contribution in [0.5, 0.6) is 0 Å². The molecule has 0 fully saturated rings. The number of nitro benzene ring substituents is 1. The number of sulfonamides is 1. The summed E-state index contributed by atoms with van der Waals surface area (Å²) in [4.78, 5) is 22.5. The van der Waals surface area contributed by atoms with E-state index in [1.807, 2.05) is 0 Å². The monoisotopic (exact) mass is 317 g/mol. The zero-order valence-electron chi connectivity index (χ0n) is 11.5. The summed E-state index contributed by atoms with van der Waals surface area (Å²) in [5.74, 6) is -0.453. The molecule has 0 saturated heterocycles. The van der Waals surface area contributed by atoms with Crippen molar-refractivity contribution in [1.29, 1.82) is 0 Å². The smallest absolute Gasteiger partial charge is 0.307 e. The van der Waals surface area contributed by atoms with Gasteiger partial charge < -0.3 is 9.64 Å². The lowest BCUT2D eigenvalue weighted by molar-refractivity contribution is -0.384. The summed E-state index contributed by atoms with van der Waals surface area (Å²) < 4.78 is 26.9. The molecule has 0 aromatic heterocycles. The van der Waals surface area contributed by atoms with Gasteiger partial charge in [0.25, 0.3) is 5.69 Å². The van der Waals surface area contributed by atoms with Gasteiger partial charge in [-0.2, -0.15) is 0 Å². The molecule has 0 unspecified atom stereocenters. The third kappa shape index (κ3) is 4.39. The topological polar surface area (TPSA) is 133 Å². The van der Waals surface area contributed by atoms with Crippen molar-refractivity contribution in [2.45, 2.75) is 11.3 Å². The average Bonchev–Trinajstić information content (AvgIpc) is 2.42. The first kappa shape index (κ1) is 16.9. The molecular weight excluding hydrogens is 302 g/mol. The normalized spacial score (nSPS) is 11.0. The first-order valence-corrected chi connectivity index (χ1v) is 7.30. The van der Waals surface area contributed by atoms with Crippen LogP contribution in [0.2, 0.25) is 0 Å². The summed E-state index contributed by atoms with van der Waals surface area (Å²) in [6, 6.07) is 3.33. The van der Waals surface area contributed by atoms with Crippen LogP contribution in [0.3, 0.4) is 0 Å². The van der Waals surface area contributed by atoms with Crippen molar-refractivity contribution in [3.8, 4) is 0 Å². The van der Waals surface area contributed by atoms with Crippen molar-refractivity contribution in [3.05, 3.63) is 28.3 Å². The van der Waals surface area contributed by atoms with E-state index in [0.29, 0.717) is 0 Å². The van der Waals surface area contributed by atoms with E-state index in [1.165, 1.54) is 24.1 Å². The van der Waals surface area contributed by atoms with E-state index in [0.717, 1.165) is 6.07 Å². The van der Waals surface area contributed by atoms with Crippen LogP contribution in [-0.4, -0.2) is 40.0 Å². The molecule has 0 bridgehead atoms. The van der Waals surface area contributed by atoms with E-state index < -0.39 is 26.6 Å². The fourth-order valence-corrected chi connectivity index (χ4v) is 2.16. The standard InChI is InChI=1S/C11H15N3O6S/c1-13(6-5-11(15)20-2)9-4-3-8(21(12,18)19)7-10(9)14(16)17/h3-4,7H,5-6H2,1-2H3,(H2,12,18,19). The lowest BCUT2D eigenvalue weighted by Crippen LogP contribution is -2.23. The van der Waals surface area contributed by atoms with Gasteiger partial charge in [0.15, 0.2) is 0 Å². The maximum absolute atomic E-state index is 11.2. The van der Waals surface area contributed by atoms with E-state index in [9.17, 15) is 23.3 Å². The molecule has 0 aliphatic carbocycles. The van der Waals surface area contributed by atoms with E-state index in [1.54, 1.807) is 7.05 Å². The molecule has 10 heteroatoms. The number of anilines is 1. The SMILES string of the molecule is COC(=O)CCN(C)c1ccc(S(N)(=O)=O)cc1[N+](=O)[O-]. The molecule has 21 heavy (non-hydrogen) atoms. The van der Waals surface area contributed by atoms with Crippen molar-refractivity contribution in [2.75, 3.05) is 25.6 Å². The van der Waals surface area contributed by atoms with Crippen LogP contribution in [-0.2, 0) is 19.6 Å². The molecule has 0 atom stereocenters. The quantitative estimate of drug-likeness (QED) is 0.451. The molecule has 1 aromatic carbocycles. The number of nitro groups is 1. The minimum Gasteiger partial charge on any atom is -0.469 e. The molecule has 9 nitrogen and oxygen atoms in total. The molecule has 0 saturated carbocycles. The Kier molecular flexibility index (Phi) is 5.22. The van der Waals surface area contributed by atoms with Gasteiger partial charge in [0.2, 0.25) is 10.0 Å². The number of methoxy groups -OCH3 is 1. The Balaban J connectivity index is 3.12. The number of esters is 1. The Bertz CT molecular complexity index is 658. The van der Waals surface area contributed by atoms with Gasteiger partial charge in [-0.15, -0.1) is 0 Å². The third-order valence-corrected chi connectivity index (χ3v) is 3.67. The summed E-state index contributed by atoms with van der Waals surface area (Å²) in [5.41, 5.74) is -0.231. The number of carbonyl (C=O) groups is 1. The number of rotatable bonds is 6. The Morgan fingerprint density at radius 2 is 2.10 bits per heavy atom. The first-order chi connectivity index (χ1) is 9.66. The Hall–Kier alpha value is -2.20. The van der Waals surface area contributed by atoms with Crippen molar-refractivity contribution >= 4 is 27.4 Å². The van der Waals surface area contributed by atoms with Gasteiger partial charge in [0, 0.05) is 19.7 Å². The van der Waals surface area contributed by atoms with Crippen LogP contribution in [0.15, 0.2) is 23.1 Å². The molecule has 0 amide bonds. The number of ether oxygens (including phenoxy) is 1. The predicted molar refractivity (Wildman–Crippen MR) is 74.4 cm³/mol. The van der Waals surface area contributed by atoms with Crippen LogP contribution in [0.4, 0.5) is 11.4 Å². The van der Waals surface area contributed by atoms with Gasteiger partial charge in [-0.3, -0.25) is 14.9 Å². The third-order valence-electron chi connectivity index (χ3n) is 2.76. The van der Waals surface area contributed by atoms with E-state index >= 15 is 0 Å². The minimum absolute atomic E-state index is 0.0428. The van der Waals surface area contributed by atoms with Crippen LogP contribution in [0.25, 0.3) is 0 Å². The minimum atomic E-state index is -4.03. The van der Waals surface area contributed by atoms with Crippen molar-refractivity contribution in [3.63, 3.8) is 0 Å². The lowest BCUT2D eigenvalue weighted by Gasteiger charge is -2.18. The van der Waals surface area contributed by atoms with Crippen LogP contribution < -0.4 is 10.0 Å². The Labute approximate surface area is 121 Å². The highest BCUT2D eigenvalue weighted by atomic mass is 32.2. The second-order valence-corrected chi connectivity index (χ2v) is 5.76. The van der Waals surface area contributed by atoms with E-state index in [-0.39, 0.29) is 23.5 Å². The summed E-state index contributed by atoms with van der Waals surface area (Å²) >= 11 is 0. The highest BCUT2D eigenvalue weighted by molar-refractivity contribution is 7.89. The summed E-state index contributed by atoms with van der Waals surface area (Å²) in [6.07, 6.45) is 0.0428. The van der Waals surface area contributed by atoms with Crippen LogP contribution in [0, 0.1) is 10.1 Å². The fourth-order valence-electron chi connectivity index (χ4n) is 1.63. The van der Waals surface area contributed by atoms with Gasteiger partial charge in [-0.25, -0.2) is 13.6 Å². The van der Waals surface area contributed by atoms with E-state index in [2.05, 4.69) is 4.74 Å². The molecule has 1 aromatic rings. The predicted octanol–water partition coefficient (Wildman–Crippen LogP) is 0.242. The number of nitrogens with zero attached hydrogens (tertiary/aromatic N) is 2. The summed E-state index contributed by atoms with van der Waals surface area (Å²) in [7, 11) is -1.24. The van der Waals surface area contributed by atoms with Gasteiger partial charge in [-0.1, -0.05) is 0 Å². The number of benzene rings is 1. The molecule has 0 aliphatic rings. The summed E-state index contributed by atoms with van der Waals surface area (Å²) in [6.45, 7) is 0.183. The second kappa shape index (κ2) is 6.50. The molecule has 1 rings (SSSR count). The lowest BCUT2D eigenvalue weighted by atomic mass is 10.2. The van der Waals surface area contributed by atoms with Gasteiger partial charge in [0.05, 0.1) is 23.3 Å². The van der Waals surface area contributed by atoms with Crippen LogP contribution in [0.1, 0.15) is 6.42 Å². The van der Waals surface area contributed by atoms with Gasteiger partial charge in [-0.05, 0) is 12.1 Å². The fraction of sp³-hybridized carbons (Fsp3) is 0.364. The van der Waals surface area contributed by atoms with Gasteiger partial charge >= 0.3 is 5.97 Å². The van der Waals surface area contributed by atoms with Crippen molar-refractivity contribution in [2.24, 2.45) is 5.14 Å². The molecule has 116 valence electrons. The van der Waals surface area contributed by atoms with Gasteiger partial charge in [0.1, 0.15) is 5.69 Å². The average molecular weight is 317 g/mol. The van der Waals surface area contributed by atoms with Crippen molar-refractivity contribution in [1.82, 2.24) is 0 Å². The number of primary sulfonamides is 1. The largest absolute Gasteiger partial charge is 0.469 e. The second-order valence-electron chi connectivity index (χ2n) is 4.20. The molecular formula is C11H15N3O6S. The zero-order chi connectivity index (χ0) is 16.2. The van der Waals surface area contributed by atoms with Crippen LogP contribution >= 0.6 is 0 Å². The number of nitrogens with two attached hydrogens (primary N) is 1. The Morgan fingerprint density at radius 1 is 1.48 bits per heavy atom. The molecule has 0 aliphatic heterocycles. The number of hydrogen-bond donors (Lipinski definition) is 1. The Morgan fingerprint density at radius 3 is 2.57 bits per heavy atom. The maximum atomic E-state index is 11.2. The zero-order valence-corrected chi connectivity index (χ0v) is 12.3. The molecule has 2 N–H and O–H groups in total. The number of carbonyl (C=O) groups excluding carboxylic acids is 1. The molecule has 0 heterocycles. The molecule has 0 spiro atoms.